The standard InChI is InChI=1S/C18H27NO2/c1-5-19(6-2)14-18(3,4)15-21-17(20)13-12-16-10-8-7-9-11-16/h7-13H,5-6,14-15H2,1-4H3. The van der Waals surface area contributed by atoms with Crippen LogP contribution in [0.15, 0.2) is 36.4 Å². The van der Waals surface area contributed by atoms with Crippen molar-refractivity contribution in [1.82, 2.24) is 4.90 Å². The maximum absolute atomic E-state index is 11.8. The van der Waals surface area contributed by atoms with Gasteiger partial charge in [-0.15, -0.1) is 0 Å². The predicted molar refractivity (Wildman–Crippen MR) is 88.0 cm³/mol. The molecule has 0 aliphatic heterocycles. The lowest BCUT2D eigenvalue weighted by Crippen LogP contribution is -2.37. The van der Waals surface area contributed by atoms with Crippen molar-refractivity contribution in [1.29, 1.82) is 0 Å². The Kier molecular flexibility index (Phi) is 7.17. The van der Waals surface area contributed by atoms with Gasteiger partial charge in [-0.3, -0.25) is 0 Å². The molecule has 0 bridgehead atoms. The van der Waals surface area contributed by atoms with Crippen LogP contribution in [0.4, 0.5) is 0 Å². The molecule has 0 fully saturated rings. The van der Waals surface area contributed by atoms with Gasteiger partial charge in [-0.25, -0.2) is 4.79 Å². The SMILES string of the molecule is CCN(CC)CC(C)(C)COC(=O)C=Cc1ccccc1. The maximum atomic E-state index is 11.8. The first-order valence-corrected chi connectivity index (χ1v) is 7.59. The summed E-state index contributed by atoms with van der Waals surface area (Å²) in [5.41, 5.74) is 0.958. The van der Waals surface area contributed by atoms with Gasteiger partial charge in [0.1, 0.15) is 0 Å². The van der Waals surface area contributed by atoms with Gasteiger partial charge >= 0.3 is 5.97 Å². The van der Waals surface area contributed by atoms with Gasteiger partial charge in [0.25, 0.3) is 0 Å². The topological polar surface area (TPSA) is 29.5 Å². The van der Waals surface area contributed by atoms with E-state index in [0.29, 0.717) is 6.61 Å². The Labute approximate surface area is 128 Å². The number of rotatable bonds is 8. The first-order chi connectivity index (χ1) is 9.96. The summed E-state index contributed by atoms with van der Waals surface area (Å²) in [6.07, 6.45) is 3.27. The minimum atomic E-state index is -0.286. The number of hydrogen-bond acceptors (Lipinski definition) is 3. The van der Waals surface area contributed by atoms with Crippen LogP contribution in [0.1, 0.15) is 33.3 Å². The van der Waals surface area contributed by atoms with E-state index < -0.39 is 0 Å². The third kappa shape index (κ3) is 7.09. The summed E-state index contributed by atoms with van der Waals surface area (Å²) in [6, 6.07) is 9.74. The number of esters is 1. The molecule has 1 aromatic rings. The van der Waals surface area contributed by atoms with Crippen molar-refractivity contribution < 1.29 is 9.53 Å². The van der Waals surface area contributed by atoms with E-state index in [4.69, 9.17) is 4.74 Å². The molecule has 0 saturated carbocycles. The first kappa shape index (κ1) is 17.4. The summed E-state index contributed by atoms with van der Waals surface area (Å²) in [5, 5.41) is 0. The van der Waals surface area contributed by atoms with E-state index in [0.717, 1.165) is 25.2 Å². The largest absolute Gasteiger partial charge is 0.462 e. The van der Waals surface area contributed by atoms with Crippen molar-refractivity contribution in [3.05, 3.63) is 42.0 Å². The van der Waals surface area contributed by atoms with Gasteiger partial charge in [0.15, 0.2) is 0 Å². The Morgan fingerprint density at radius 2 is 1.81 bits per heavy atom. The van der Waals surface area contributed by atoms with E-state index in [1.165, 1.54) is 6.08 Å². The molecule has 116 valence electrons. The monoisotopic (exact) mass is 289 g/mol. The van der Waals surface area contributed by atoms with Crippen molar-refractivity contribution in [2.45, 2.75) is 27.7 Å². The average molecular weight is 289 g/mol. The molecule has 3 heteroatoms. The van der Waals surface area contributed by atoms with Crippen LogP contribution in [0.25, 0.3) is 6.08 Å². The smallest absolute Gasteiger partial charge is 0.330 e. The van der Waals surface area contributed by atoms with Crippen LogP contribution < -0.4 is 0 Å². The maximum Gasteiger partial charge on any atom is 0.330 e. The molecular weight excluding hydrogens is 262 g/mol. The molecule has 0 spiro atoms. The molecule has 3 nitrogen and oxygen atoms in total. The summed E-state index contributed by atoms with van der Waals surface area (Å²) < 4.78 is 5.37. The summed E-state index contributed by atoms with van der Waals surface area (Å²) >= 11 is 0. The highest BCUT2D eigenvalue weighted by Gasteiger charge is 2.22. The molecule has 0 atom stereocenters. The van der Waals surface area contributed by atoms with Crippen LogP contribution in [0.3, 0.4) is 0 Å². The molecule has 0 heterocycles. The predicted octanol–water partition coefficient (Wildman–Crippen LogP) is 3.61. The van der Waals surface area contributed by atoms with Crippen molar-refractivity contribution in [2.24, 2.45) is 5.41 Å². The molecule has 0 amide bonds. The van der Waals surface area contributed by atoms with Crippen LogP contribution in [0.5, 0.6) is 0 Å². The summed E-state index contributed by atoms with van der Waals surface area (Å²) in [5.74, 6) is -0.286. The van der Waals surface area contributed by atoms with Gasteiger partial charge in [-0.2, -0.15) is 0 Å². The Morgan fingerprint density at radius 3 is 2.38 bits per heavy atom. The van der Waals surface area contributed by atoms with E-state index in [-0.39, 0.29) is 11.4 Å². The molecule has 21 heavy (non-hydrogen) atoms. The molecule has 0 unspecified atom stereocenters. The number of hydrogen-bond donors (Lipinski definition) is 0. The zero-order valence-electron chi connectivity index (χ0n) is 13.6. The average Bonchev–Trinajstić information content (AvgIpc) is 2.49. The lowest BCUT2D eigenvalue weighted by Gasteiger charge is -2.30. The second kappa shape index (κ2) is 8.63. The van der Waals surface area contributed by atoms with Gasteiger partial charge in [-0.1, -0.05) is 58.0 Å². The first-order valence-electron chi connectivity index (χ1n) is 7.59. The third-order valence-corrected chi connectivity index (χ3v) is 3.36. The third-order valence-electron chi connectivity index (χ3n) is 3.36. The second-order valence-electron chi connectivity index (χ2n) is 5.98. The van der Waals surface area contributed by atoms with Gasteiger partial charge in [0.05, 0.1) is 6.61 Å². The Balaban J connectivity index is 2.43. The van der Waals surface area contributed by atoms with Crippen LogP contribution in [0.2, 0.25) is 0 Å². The van der Waals surface area contributed by atoms with E-state index in [1.807, 2.05) is 30.3 Å². The quantitative estimate of drug-likeness (QED) is 0.541. The highest BCUT2D eigenvalue weighted by Crippen LogP contribution is 2.17. The van der Waals surface area contributed by atoms with Gasteiger partial charge in [-0.05, 0) is 24.7 Å². The summed E-state index contributed by atoms with van der Waals surface area (Å²) in [6.45, 7) is 11.9. The number of carbonyl (C=O) groups is 1. The molecule has 0 radical (unpaired) electrons. The minimum absolute atomic E-state index is 0.0394. The number of carbonyl (C=O) groups excluding carboxylic acids is 1. The van der Waals surface area contributed by atoms with E-state index in [9.17, 15) is 4.79 Å². The normalized spacial score (nSPS) is 12.0. The molecule has 0 aliphatic carbocycles. The van der Waals surface area contributed by atoms with Crippen molar-refractivity contribution >= 4 is 12.0 Å². The summed E-state index contributed by atoms with van der Waals surface area (Å²) in [4.78, 5) is 14.1. The molecule has 0 saturated heterocycles. The fourth-order valence-corrected chi connectivity index (χ4v) is 2.14. The minimum Gasteiger partial charge on any atom is -0.462 e. The van der Waals surface area contributed by atoms with Gasteiger partial charge in [0.2, 0.25) is 0 Å². The Hall–Kier alpha value is -1.61. The molecule has 0 N–H and O–H groups in total. The van der Waals surface area contributed by atoms with Crippen molar-refractivity contribution in [2.75, 3.05) is 26.2 Å². The fraction of sp³-hybridized carbons (Fsp3) is 0.500. The Morgan fingerprint density at radius 1 is 1.19 bits per heavy atom. The Bertz CT molecular complexity index is 448. The molecule has 1 rings (SSSR count). The number of nitrogens with zero attached hydrogens (tertiary/aromatic N) is 1. The van der Waals surface area contributed by atoms with Crippen LogP contribution in [0, 0.1) is 5.41 Å². The van der Waals surface area contributed by atoms with E-state index in [2.05, 4.69) is 32.6 Å². The van der Waals surface area contributed by atoms with Crippen molar-refractivity contribution in [3.63, 3.8) is 0 Å². The van der Waals surface area contributed by atoms with Gasteiger partial charge < -0.3 is 9.64 Å². The lowest BCUT2D eigenvalue weighted by molar-refractivity contribution is -0.141. The van der Waals surface area contributed by atoms with Gasteiger partial charge in [0, 0.05) is 18.0 Å². The van der Waals surface area contributed by atoms with Crippen molar-refractivity contribution in [3.8, 4) is 0 Å². The van der Waals surface area contributed by atoms with E-state index in [1.54, 1.807) is 6.08 Å². The molecule has 0 aliphatic rings. The van der Waals surface area contributed by atoms with E-state index >= 15 is 0 Å². The molecule has 0 aromatic heterocycles. The fourth-order valence-electron chi connectivity index (χ4n) is 2.14. The summed E-state index contributed by atoms with van der Waals surface area (Å²) in [7, 11) is 0. The number of ether oxygens (including phenoxy) is 1. The van der Waals surface area contributed by atoms with Crippen LogP contribution in [-0.2, 0) is 9.53 Å². The lowest BCUT2D eigenvalue weighted by atomic mass is 9.94. The van der Waals surface area contributed by atoms with Crippen LogP contribution >= 0.6 is 0 Å². The zero-order valence-corrected chi connectivity index (χ0v) is 13.6. The van der Waals surface area contributed by atoms with Crippen LogP contribution in [-0.4, -0.2) is 37.1 Å². The second-order valence-corrected chi connectivity index (χ2v) is 5.98. The molecular formula is C18H27NO2. The molecule has 1 aromatic carbocycles. The number of benzene rings is 1. The highest BCUT2D eigenvalue weighted by molar-refractivity contribution is 5.87. The highest BCUT2D eigenvalue weighted by atomic mass is 16.5. The zero-order chi connectivity index (χ0) is 15.7.